The first-order valence-electron chi connectivity index (χ1n) is 11.5. The molecule has 2 aliphatic rings. The van der Waals surface area contributed by atoms with E-state index in [9.17, 15) is 5.26 Å². The molecule has 2 aliphatic heterocycles. The first-order chi connectivity index (χ1) is 16.8. The van der Waals surface area contributed by atoms with Gasteiger partial charge in [-0.25, -0.2) is 0 Å². The zero-order chi connectivity index (χ0) is 23.0. The Kier molecular flexibility index (Phi) is 4.67. The molecule has 0 spiro atoms. The predicted molar refractivity (Wildman–Crippen MR) is 131 cm³/mol. The molecule has 4 aromatic rings. The van der Waals surface area contributed by atoms with Gasteiger partial charge >= 0.3 is 0 Å². The van der Waals surface area contributed by atoms with Gasteiger partial charge in [-0.05, 0) is 17.7 Å². The molecule has 6 rings (SSSR count). The quantitative estimate of drug-likeness (QED) is 0.412. The van der Waals surface area contributed by atoms with Crippen molar-refractivity contribution in [2.75, 3.05) is 11.4 Å². The van der Waals surface area contributed by atoms with Crippen molar-refractivity contribution in [1.82, 2.24) is 5.43 Å². The van der Waals surface area contributed by atoms with Crippen LogP contribution in [0.25, 0.3) is 0 Å². The van der Waals surface area contributed by atoms with Gasteiger partial charge in [0.1, 0.15) is 5.92 Å². The molecule has 2 heterocycles. The highest BCUT2D eigenvalue weighted by Gasteiger charge is 2.75. The molecule has 1 fully saturated rings. The number of fused-ring (bicyclic) bond motifs is 1. The third-order valence-electron chi connectivity index (χ3n) is 6.99. The lowest BCUT2D eigenvalue weighted by Gasteiger charge is -2.39. The van der Waals surface area contributed by atoms with Gasteiger partial charge in [-0.15, -0.1) is 0 Å². The molecule has 1 N–H and O–H groups in total. The number of nitrogens with one attached hydrogen (secondary N) is 1. The summed E-state index contributed by atoms with van der Waals surface area (Å²) in [6.07, 6.45) is 0. The zero-order valence-electron chi connectivity index (χ0n) is 18.6. The second kappa shape index (κ2) is 7.86. The molecular formula is C29H24N5+. The van der Waals surface area contributed by atoms with Crippen molar-refractivity contribution in [3.8, 4) is 6.07 Å². The lowest BCUT2D eigenvalue weighted by molar-refractivity contribution is -0.570. The predicted octanol–water partition coefficient (Wildman–Crippen LogP) is 5.71. The van der Waals surface area contributed by atoms with Gasteiger partial charge in [0.2, 0.25) is 0 Å². The Labute approximate surface area is 199 Å². The number of hydrogen-bond acceptors (Lipinski definition) is 4. The van der Waals surface area contributed by atoms with Crippen molar-refractivity contribution >= 4 is 11.4 Å². The first kappa shape index (κ1) is 20.2. The Hall–Kier alpha value is -4.43. The molecule has 0 radical (unpaired) electrons. The number of anilines is 1. The molecule has 4 aromatic carbocycles. The van der Waals surface area contributed by atoms with Gasteiger partial charge in [-0.3, -0.25) is 0 Å². The van der Waals surface area contributed by atoms with E-state index in [1.807, 2.05) is 89.7 Å². The van der Waals surface area contributed by atoms with Crippen LogP contribution in [-0.4, -0.2) is 11.4 Å². The summed E-state index contributed by atoms with van der Waals surface area (Å²) in [6.45, 7) is 0.545. The van der Waals surface area contributed by atoms with Crippen LogP contribution in [0.4, 0.5) is 11.4 Å². The fourth-order valence-corrected chi connectivity index (χ4v) is 5.54. The van der Waals surface area contributed by atoms with Crippen LogP contribution in [0.15, 0.2) is 126 Å². The van der Waals surface area contributed by atoms with Crippen molar-refractivity contribution in [2.24, 2.45) is 11.0 Å². The second-order valence-electron chi connectivity index (χ2n) is 8.70. The summed E-state index contributed by atoms with van der Waals surface area (Å²) in [5.41, 5.74) is 6.07. The third-order valence-corrected chi connectivity index (χ3v) is 6.99. The van der Waals surface area contributed by atoms with Gasteiger partial charge in [0.05, 0.1) is 6.07 Å². The molecule has 3 atom stereocenters. The maximum absolute atomic E-state index is 10.5. The Morgan fingerprint density at radius 1 is 0.765 bits per heavy atom. The molecule has 0 saturated carbocycles. The van der Waals surface area contributed by atoms with E-state index in [1.54, 1.807) is 0 Å². The lowest BCUT2D eigenvalue weighted by Crippen LogP contribution is -2.57. The van der Waals surface area contributed by atoms with Crippen molar-refractivity contribution in [3.63, 3.8) is 0 Å². The van der Waals surface area contributed by atoms with Gasteiger partial charge in [-0.1, -0.05) is 97.1 Å². The van der Waals surface area contributed by atoms with E-state index in [4.69, 9.17) is 5.11 Å². The maximum Gasteiger partial charge on any atom is 0.265 e. The Balaban J connectivity index is 1.71. The van der Waals surface area contributed by atoms with Crippen LogP contribution < -0.4 is 10.3 Å². The number of benzene rings is 4. The number of hydrogen-bond donors (Lipinski definition) is 1. The van der Waals surface area contributed by atoms with Crippen LogP contribution in [0.2, 0.25) is 0 Å². The van der Waals surface area contributed by atoms with Crippen LogP contribution >= 0.6 is 0 Å². The molecular weight excluding hydrogens is 418 g/mol. The summed E-state index contributed by atoms with van der Waals surface area (Å²) in [6, 6.07) is 43.6. The summed E-state index contributed by atoms with van der Waals surface area (Å²) in [7, 11) is 0. The highest BCUT2D eigenvalue weighted by Crippen LogP contribution is 2.59. The van der Waals surface area contributed by atoms with Gasteiger partial charge in [0.25, 0.3) is 11.4 Å². The van der Waals surface area contributed by atoms with Gasteiger partial charge in [0, 0.05) is 39.8 Å². The van der Waals surface area contributed by atoms with Crippen molar-refractivity contribution < 1.29 is 4.81 Å². The number of rotatable bonds is 4. The standard InChI is InChI=1S/C29H24N5/c30-21-25-22-33(26-17-9-3-10-18-26)29(24-15-7-2-8-16-24)28(25,23-13-5-1-6-14-23)31-34(32-29)27-19-11-4-12-20-27/h1-20,25H,22H2,(H,31,32)/q+1/t25-,28+,29-/m1/s1. The van der Waals surface area contributed by atoms with Crippen molar-refractivity contribution in [2.45, 2.75) is 11.2 Å². The number of hydrazine groups is 1. The van der Waals surface area contributed by atoms with Crippen LogP contribution in [0.1, 0.15) is 11.1 Å². The number of nitriles is 1. The second-order valence-corrected chi connectivity index (χ2v) is 8.70. The Morgan fingerprint density at radius 3 is 1.88 bits per heavy atom. The minimum atomic E-state index is -0.882. The molecule has 0 aromatic heterocycles. The van der Waals surface area contributed by atoms with Crippen LogP contribution in [-0.2, 0) is 11.2 Å². The van der Waals surface area contributed by atoms with E-state index in [2.05, 4.69) is 52.8 Å². The maximum atomic E-state index is 10.5. The molecule has 1 saturated heterocycles. The number of para-hydroxylation sites is 2. The molecule has 0 aliphatic carbocycles. The molecule has 164 valence electrons. The zero-order valence-corrected chi connectivity index (χ0v) is 18.6. The highest BCUT2D eigenvalue weighted by atomic mass is 15.7. The average Bonchev–Trinajstić information content (AvgIpc) is 3.42. The largest absolute Gasteiger partial charge is 0.335 e. The molecule has 5 nitrogen and oxygen atoms in total. The number of azo groups is 1. The van der Waals surface area contributed by atoms with E-state index in [1.165, 1.54) is 0 Å². The Morgan fingerprint density at radius 2 is 1.29 bits per heavy atom. The minimum Gasteiger partial charge on any atom is -0.335 e. The van der Waals surface area contributed by atoms with Crippen LogP contribution in [0.3, 0.4) is 0 Å². The summed E-state index contributed by atoms with van der Waals surface area (Å²) in [5.74, 6) is -0.368. The van der Waals surface area contributed by atoms with E-state index in [0.29, 0.717) is 6.54 Å². The molecule has 5 heteroatoms. The van der Waals surface area contributed by atoms with E-state index >= 15 is 0 Å². The molecule has 0 bridgehead atoms. The van der Waals surface area contributed by atoms with Crippen LogP contribution in [0, 0.1) is 17.2 Å². The monoisotopic (exact) mass is 442 g/mol. The fourth-order valence-electron chi connectivity index (χ4n) is 5.54. The van der Waals surface area contributed by atoms with E-state index < -0.39 is 11.2 Å². The third kappa shape index (κ3) is 2.72. The summed E-state index contributed by atoms with van der Waals surface area (Å²) < 4.78 is 0. The molecule has 34 heavy (non-hydrogen) atoms. The van der Waals surface area contributed by atoms with Gasteiger partial charge in [0.15, 0.2) is 5.54 Å². The van der Waals surface area contributed by atoms with Crippen LogP contribution in [0.5, 0.6) is 0 Å². The summed E-state index contributed by atoms with van der Waals surface area (Å²) >= 11 is 0. The lowest BCUT2D eigenvalue weighted by atomic mass is 9.71. The minimum absolute atomic E-state index is 0.368. The SMILES string of the molecule is N#C[C@@H]1CN(c2ccccc2)[C@@]2(c3ccccc3)N=[N+](c3ccccc3)N[C@@]12c1ccccc1. The normalized spacial score (nSPS) is 25.2. The molecule has 0 unspecified atom stereocenters. The topological polar surface area (TPSA) is 54.4 Å². The first-order valence-corrected chi connectivity index (χ1v) is 11.5. The van der Waals surface area contributed by atoms with Crippen molar-refractivity contribution in [1.29, 1.82) is 5.26 Å². The Bertz CT molecular complexity index is 1370. The van der Waals surface area contributed by atoms with Gasteiger partial charge < -0.3 is 4.90 Å². The van der Waals surface area contributed by atoms with E-state index in [0.717, 1.165) is 22.5 Å². The fraction of sp³-hybridized carbons (Fsp3) is 0.138. The summed E-state index contributed by atoms with van der Waals surface area (Å²) in [4.78, 5) is 4.15. The number of nitrogens with zero attached hydrogens (tertiary/aromatic N) is 4. The highest BCUT2D eigenvalue weighted by molar-refractivity contribution is 5.59. The molecule has 0 amide bonds. The van der Waals surface area contributed by atoms with E-state index in [-0.39, 0.29) is 5.92 Å². The summed E-state index contributed by atoms with van der Waals surface area (Å²) in [5, 5.41) is 16.0. The van der Waals surface area contributed by atoms with Crippen molar-refractivity contribution in [3.05, 3.63) is 132 Å². The average molecular weight is 443 g/mol. The van der Waals surface area contributed by atoms with Gasteiger partial charge in [-0.2, -0.15) is 10.7 Å². The smallest absolute Gasteiger partial charge is 0.265 e.